The number of halogens is 1. The molecule has 0 radical (unpaired) electrons. The third-order valence-electron chi connectivity index (χ3n) is 1.87. The van der Waals surface area contributed by atoms with E-state index < -0.39 is 22.0 Å². The molecule has 0 aliphatic heterocycles. The van der Waals surface area contributed by atoms with Crippen molar-refractivity contribution < 1.29 is 12.3 Å². The Bertz CT molecular complexity index is 215. The Kier molecular flexibility index (Phi) is 4.70. The molecule has 12 heavy (non-hydrogen) atoms. The second-order valence-electron chi connectivity index (χ2n) is 3.14. The van der Waals surface area contributed by atoms with E-state index in [1.807, 2.05) is 13.8 Å². The fourth-order valence-electron chi connectivity index (χ4n) is 1.06. The molecule has 0 aromatic heterocycles. The summed E-state index contributed by atoms with van der Waals surface area (Å²) < 4.78 is 32.5. The summed E-state index contributed by atoms with van der Waals surface area (Å²) in [6.07, 6.45) is 1.76. The second kappa shape index (κ2) is 4.77. The highest BCUT2D eigenvalue weighted by Gasteiger charge is 2.19. The van der Waals surface area contributed by atoms with Crippen molar-refractivity contribution >= 4 is 10.2 Å². The van der Waals surface area contributed by atoms with Crippen molar-refractivity contribution in [1.82, 2.24) is 0 Å². The largest absolute Gasteiger partial charge is 0.326 e. The summed E-state index contributed by atoms with van der Waals surface area (Å²) in [5, 5.41) is 0. The highest BCUT2D eigenvalue weighted by atomic mass is 32.3. The van der Waals surface area contributed by atoms with Crippen molar-refractivity contribution in [3.8, 4) is 0 Å². The molecule has 0 saturated carbocycles. The molecule has 0 fully saturated rings. The van der Waals surface area contributed by atoms with Crippen molar-refractivity contribution in [3.63, 3.8) is 0 Å². The van der Waals surface area contributed by atoms with Gasteiger partial charge in [-0.2, -0.15) is 8.42 Å². The number of nitrogens with two attached hydrogens (primary N) is 1. The van der Waals surface area contributed by atoms with Gasteiger partial charge in [-0.05, 0) is 12.3 Å². The van der Waals surface area contributed by atoms with Crippen LogP contribution in [0.4, 0.5) is 3.89 Å². The lowest BCUT2D eigenvalue weighted by atomic mass is 9.99. The van der Waals surface area contributed by atoms with Crippen LogP contribution in [0.2, 0.25) is 0 Å². The fraction of sp³-hybridized carbons (Fsp3) is 1.00. The van der Waals surface area contributed by atoms with Crippen molar-refractivity contribution in [1.29, 1.82) is 0 Å². The highest BCUT2D eigenvalue weighted by molar-refractivity contribution is 7.86. The maximum Gasteiger partial charge on any atom is 0.303 e. The Morgan fingerprint density at radius 3 is 2.33 bits per heavy atom. The average molecular weight is 197 g/mol. The van der Waals surface area contributed by atoms with Gasteiger partial charge in [0.2, 0.25) is 0 Å². The van der Waals surface area contributed by atoms with Gasteiger partial charge in [0.25, 0.3) is 0 Å². The van der Waals surface area contributed by atoms with Gasteiger partial charge in [-0.1, -0.05) is 20.3 Å². The van der Waals surface area contributed by atoms with Gasteiger partial charge in [0, 0.05) is 6.04 Å². The van der Waals surface area contributed by atoms with Gasteiger partial charge >= 0.3 is 10.2 Å². The lowest BCUT2D eigenvalue weighted by Gasteiger charge is -2.16. The molecule has 2 N–H and O–H groups in total. The van der Waals surface area contributed by atoms with Crippen LogP contribution in [-0.4, -0.2) is 20.2 Å². The minimum atomic E-state index is -4.41. The molecule has 0 bridgehead atoms. The van der Waals surface area contributed by atoms with E-state index in [2.05, 4.69) is 0 Å². The van der Waals surface area contributed by atoms with E-state index in [4.69, 9.17) is 5.73 Å². The molecule has 0 spiro atoms. The molecule has 74 valence electrons. The molecule has 2 unspecified atom stereocenters. The first-order chi connectivity index (χ1) is 5.37. The Labute approximate surface area is 73.4 Å². The fourth-order valence-corrected chi connectivity index (χ4v) is 1.85. The quantitative estimate of drug-likeness (QED) is 0.670. The first-order valence-corrected chi connectivity index (χ1v) is 5.60. The van der Waals surface area contributed by atoms with Gasteiger partial charge in [0.1, 0.15) is 0 Å². The van der Waals surface area contributed by atoms with Crippen LogP contribution in [0.1, 0.15) is 26.7 Å². The van der Waals surface area contributed by atoms with E-state index >= 15 is 0 Å². The van der Waals surface area contributed by atoms with E-state index in [1.165, 1.54) is 0 Å². The predicted octanol–water partition coefficient (Wildman–Crippen LogP) is 1.05. The maximum absolute atomic E-state index is 12.1. The van der Waals surface area contributed by atoms with Gasteiger partial charge in [-0.15, -0.1) is 3.89 Å². The van der Waals surface area contributed by atoms with Crippen LogP contribution < -0.4 is 5.73 Å². The Balaban J connectivity index is 3.95. The monoisotopic (exact) mass is 197 g/mol. The minimum absolute atomic E-state index is 0.0560. The molecule has 0 aromatic carbocycles. The van der Waals surface area contributed by atoms with Crippen LogP contribution in [0, 0.1) is 5.92 Å². The molecule has 0 saturated heterocycles. The van der Waals surface area contributed by atoms with E-state index in [9.17, 15) is 12.3 Å². The highest BCUT2D eigenvalue weighted by Crippen LogP contribution is 2.10. The molecule has 0 heterocycles. The van der Waals surface area contributed by atoms with Gasteiger partial charge in [0.05, 0.1) is 5.75 Å². The zero-order valence-electron chi connectivity index (χ0n) is 7.46. The second-order valence-corrected chi connectivity index (χ2v) is 4.55. The van der Waals surface area contributed by atoms with E-state index in [-0.39, 0.29) is 5.92 Å². The molecule has 0 aliphatic rings. The SMILES string of the molecule is CCCC(C)C(N)CS(=O)(=O)F. The molecule has 0 amide bonds. The lowest BCUT2D eigenvalue weighted by molar-refractivity contribution is 0.438. The van der Waals surface area contributed by atoms with Crippen LogP contribution in [0.15, 0.2) is 0 Å². The third kappa shape index (κ3) is 5.49. The van der Waals surface area contributed by atoms with Gasteiger partial charge in [-0.3, -0.25) is 0 Å². The van der Waals surface area contributed by atoms with E-state index in [0.29, 0.717) is 0 Å². The maximum atomic E-state index is 12.1. The Morgan fingerprint density at radius 1 is 1.50 bits per heavy atom. The van der Waals surface area contributed by atoms with Gasteiger partial charge in [0.15, 0.2) is 0 Å². The van der Waals surface area contributed by atoms with Crippen LogP contribution >= 0.6 is 0 Å². The topological polar surface area (TPSA) is 60.2 Å². The molecule has 0 aromatic rings. The Hall–Kier alpha value is -0.160. The van der Waals surface area contributed by atoms with Gasteiger partial charge in [-0.25, -0.2) is 0 Å². The van der Waals surface area contributed by atoms with Crippen molar-refractivity contribution in [2.75, 3.05) is 5.75 Å². The summed E-state index contributed by atoms with van der Waals surface area (Å²) in [5.41, 5.74) is 5.47. The smallest absolute Gasteiger partial charge is 0.303 e. The van der Waals surface area contributed by atoms with E-state index in [0.717, 1.165) is 12.8 Å². The molecule has 0 aliphatic carbocycles. The lowest BCUT2D eigenvalue weighted by Crippen LogP contribution is -2.34. The molecule has 2 atom stereocenters. The minimum Gasteiger partial charge on any atom is -0.326 e. The van der Waals surface area contributed by atoms with Crippen LogP contribution in [-0.2, 0) is 10.2 Å². The summed E-state index contributed by atoms with van der Waals surface area (Å²) in [6, 6.07) is -0.583. The molecular formula is C7H16FNO2S. The van der Waals surface area contributed by atoms with Crippen molar-refractivity contribution in [3.05, 3.63) is 0 Å². The molecule has 5 heteroatoms. The van der Waals surface area contributed by atoms with E-state index in [1.54, 1.807) is 0 Å². The summed E-state index contributed by atoms with van der Waals surface area (Å²) in [4.78, 5) is 0. The number of hydrogen-bond donors (Lipinski definition) is 1. The van der Waals surface area contributed by atoms with Crippen molar-refractivity contribution in [2.24, 2.45) is 11.7 Å². The third-order valence-corrected chi connectivity index (χ3v) is 2.65. The molecule has 3 nitrogen and oxygen atoms in total. The summed E-state index contributed by atoms with van der Waals surface area (Å²) in [7, 11) is -4.41. The predicted molar refractivity (Wildman–Crippen MR) is 46.9 cm³/mol. The molecular weight excluding hydrogens is 181 g/mol. The van der Waals surface area contributed by atoms with Crippen LogP contribution in [0.25, 0.3) is 0 Å². The number of rotatable bonds is 5. The Morgan fingerprint density at radius 2 is 2.00 bits per heavy atom. The zero-order chi connectivity index (χ0) is 9.78. The van der Waals surface area contributed by atoms with Crippen molar-refractivity contribution in [2.45, 2.75) is 32.7 Å². The zero-order valence-corrected chi connectivity index (χ0v) is 8.27. The average Bonchev–Trinajstić information content (AvgIpc) is 1.84. The van der Waals surface area contributed by atoms with Crippen LogP contribution in [0.3, 0.4) is 0 Å². The van der Waals surface area contributed by atoms with Crippen LogP contribution in [0.5, 0.6) is 0 Å². The first-order valence-electron chi connectivity index (χ1n) is 4.04. The summed E-state index contributed by atoms with van der Waals surface area (Å²) in [6.45, 7) is 3.81. The molecule has 0 rings (SSSR count). The standard InChI is InChI=1S/C7H16FNO2S/c1-3-4-6(2)7(9)5-12(8,10)11/h6-7H,3-5,9H2,1-2H3. The normalized spacial score (nSPS) is 17.3. The van der Waals surface area contributed by atoms with Gasteiger partial charge < -0.3 is 5.73 Å². The summed E-state index contributed by atoms with van der Waals surface area (Å²) >= 11 is 0. The number of hydrogen-bond acceptors (Lipinski definition) is 3. The summed E-state index contributed by atoms with van der Waals surface area (Å²) in [5.74, 6) is -0.505. The first kappa shape index (κ1) is 11.8.